The minimum Gasteiger partial charge on any atom is -0.469 e. The zero-order valence-corrected chi connectivity index (χ0v) is 21.1. The quantitative estimate of drug-likeness (QED) is 0.251. The molecular formula is C25H27FN8O4. The van der Waals surface area contributed by atoms with Gasteiger partial charge in [0.05, 0.1) is 48.5 Å². The van der Waals surface area contributed by atoms with E-state index in [0.717, 1.165) is 5.69 Å². The molecule has 3 heterocycles. The Labute approximate surface area is 217 Å². The van der Waals surface area contributed by atoms with Gasteiger partial charge in [-0.05, 0) is 54.8 Å². The first-order valence-corrected chi connectivity index (χ1v) is 12.1. The van der Waals surface area contributed by atoms with Gasteiger partial charge in [-0.25, -0.2) is 8.91 Å². The molecule has 13 heteroatoms. The van der Waals surface area contributed by atoms with Crippen LogP contribution in [0.15, 0.2) is 36.7 Å². The number of esters is 1. The summed E-state index contributed by atoms with van der Waals surface area (Å²) in [4.78, 5) is 26.2. The number of nitrogens with zero attached hydrogens (tertiary/aromatic N) is 6. The van der Waals surface area contributed by atoms with Gasteiger partial charge >= 0.3 is 5.97 Å². The minimum atomic E-state index is -0.538. The number of aromatic nitrogens is 6. The average molecular weight is 523 g/mol. The Balaban J connectivity index is 1.35. The summed E-state index contributed by atoms with van der Waals surface area (Å²) in [5.41, 5.74) is 2.84. The fraction of sp³-hybridized carbons (Fsp3) is 0.360. The van der Waals surface area contributed by atoms with Crippen molar-refractivity contribution in [3.05, 3.63) is 53.6 Å². The molecule has 0 unspecified atom stereocenters. The topological polar surface area (TPSA) is 138 Å². The highest BCUT2D eigenvalue weighted by Gasteiger charge is 2.38. The van der Waals surface area contributed by atoms with Crippen LogP contribution in [0.4, 0.5) is 15.8 Å². The van der Waals surface area contributed by atoms with Crippen LogP contribution in [0.5, 0.6) is 0 Å². The summed E-state index contributed by atoms with van der Waals surface area (Å²) in [5, 5.41) is 22.7. The number of aryl methyl sites for hydroxylation is 1. The highest BCUT2D eigenvalue weighted by Crippen LogP contribution is 2.38. The Morgan fingerprint density at radius 3 is 2.79 bits per heavy atom. The molecule has 1 amide bonds. The lowest BCUT2D eigenvalue weighted by atomic mass is 9.81. The van der Waals surface area contributed by atoms with E-state index in [9.17, 15) is 14.0 Å². The van der Waals surface area contributed by atoms with Crippen molar-refractivity contribution in [3.63, 3.8) is 0 Å². The molecule has 1 aliphatic rings. The number of tetrazole rings is 1. The molecule has 0 saturated heterocycles. The van der Waals surface area contributed by atoms with E-state index in [1.165, 1.54) is 30.2 Å². The number of anilines is 2. The second-order valence-corrected chi connectivity index (χ2v) is 9.10. The van der Waals surface area contributed by atoms with Gasteiger partial charge in [0, 0.05) is 31.2 Å². The molecule has 198 valence electrons. The fourth-order valence-electron chi connectivity index (χ4n) is 4.35. The summed E-state index contributed by atoms with van der Waals surface area (Å²) in [6, 6.07) is 6.38. The summed E-state index contributed by atoms with van der Waals surface area (Å²) in [5.74, 6) is -1.31. The van der Waals surface area contributed by atoms with Crippen molar-refractivity contribution >= 4 is 28.8 Å². The van der Waals surface area contributed by atoms with Gasteiger partial charge in [-0.15, -0.1) is 10.2 Å². The Morgan fingerprint density at radius 2 is 2.03 bits per heavy atom. The molecule has 0 atom stereocenters. The van der Waals surface area contributed by atoms with Gasteiger partial charge in [-0.1, -0.05) is 0 Å². The van der Waals surface area contributed by atoms with Crippen molar-refractivity contribution in [2.24, 2.45) is 5.92 Å². The van der Waals surface area contributed by atoms with Gasteiger partial charge in [0.25, 0.3) is 5.91 Å². The second kappa shape index (κ2) is 10.5. The summed E-state index contributed by atoms with van der Waals surface area (Å²) in [6.45, 7) is 2.86. The number of amides is 1. The van der Waals surface area contributed by atoms with Crippen molar-refractivity contribution in [1.82, 2.24) is 29.8 Å². The van der Waals surface area contributed by atoms with Crippen LogP contribution >= 0.6 is 0 Å². The molecule has 4 aromatic rings. The SMILES string of the molecule is COCCNc1ccn2ncc(C(=O)Nc3cc(-c4nnn(C5CC(C(=O)OC)C5)n4)c(F)cc3C)c2c1. The third-order valence-electron chi connectivity index (χ3n) is 6.61. The number of fused-ring (bicyclic) bond motifs is 1. The van der Waals surface area contributed by atoms with E-state index in [1.807, 2.05) is 12.1 Å². The largest absolute Gasteiger partial charge is 0.469 e. The van der Waals surface area contributed by atoms with E-state index in [-0.39, 0.29) is 29.3 Å². The highest BCUT2D eigenvalue weighted by atomic mass is 19.1. The first kappa shape index (κ1) is 25.3. The monoisotopic (exact) mass is 522 g/mol. The minimum absolute atomic E-state index is 0.0854. The molecule has 1 aliphatic carbocycles. The summed E-state index contributed by atoms with van der Waals surface area (Å²) in [6.07, 6.45) is 4.30. The number of hydrogen-bond donors (Lipinski definition) is 2. The smallest absolute Gasteiger partial charge is 0.308 e. The molecule has 5 rings (SSSR count). The predicted molar refractivity (Wildman–Crippen MR) is 135 cm³/mol. The van der Waals surface area contributed by atoms with Crippen molar-refractivity contribution < 1.29 is 23.5 Å². The number of hydrogen-bond acceptors (Lipinski definition) is 9. The lowest BCUT2D eigenvalue weighted by Crippen LogP contribution is -2.34. The molecule has 0 aliphatic heterocycles. The third kappa shape index (κ3) is 4.92. The molecule has 0 spiro atoms. The average Bonchev–Trinajstić information content (AvgIpc) is 3.52. The number of methoxy groups -OCH3 is 2. The van der Waals surface area contributed by atoms with Crippen LogP contribution in [0.3, 0.4) is 0 Å². The highest BCUT2D eigenvalue weighted by molar-refractivity contribution is 6.09. The predicted octanol–water partition coefficient (Wildman–Crippen LogP) is 2.87. The number of benzene rings is 1. The van der Waals surface area contributed by atoms with Crippen LogP contribution < -0.4 is 10.6 Å². The van der Waals surface area contributed by atoms with Crippen molar-refractivity contribution in [1.29, 1.82) is 0 Å². The van der Waals surface area contributed by atoms with E-state index in [1.54, 1.807) is 24.7 Å². The molecule has 3 aromatic heterocycles. The van der Waals surface area contributed by atoms with Gasteiger partial charge in [-0.3, -0.25) is 9.59 Å². The number of nitrogens with one attached hydrogen (secondary N) is 2. The number of ether oxygens (including phenoxy) is 2. The lowest BCUT2D eigenvalue weighted by Gasteiger charge is -2.31. The Kier molecular flexibility index (Phi) is 7.01. The standard InChI is InChI=1S/C25H27FN8O4/c1-14-8-20(26)18(23-30-32-34(31-23)17-9-15(10-17)25(36)38-3)12-21(14)29-24(35)19-13-28-33-6-4-16(11-22(19)33)27-5-7-37-2/h4,6,8,11-13,15,17,27H,5,7,9-10H2,1-3H3,(H,29,35). The van der Waals surface area contributed by atoms with E-state index in [2.05, 4.69) is 31.1 Å². The van der Waals surface area contributed by atoms with Gasteiger partial charge in [-0.2, -0.15) is 9.90 Å². The molecule has 0 radical (unpaired) electrons. The lowest BCUT2D eigenvalue weighted by molar-refractivity contribution is -0.150. The van der Waals surface area contributed by atoms with Crippen LogP contribution in [0, 0.1) is 18.7 Å². The number of halogens is 1. The van der Waals surface area contributed by atoms with Gasteiger partial charge < -0.3 is 20.1 Å². The van der Waals surface area contributed by atoms with Crippen LogP contribution in [0.2, 0.25) is 0 Å². The van der Waals surface area contributed by atoms with Crippen LogP contribution in [-0.4, -0.2) is 69.1 Å². The van der Waals surface area contributed by atoms with Crippen LogP contribution in [0.1, 0.15) is 34.8 Å². The number of carbonyl (C=O) groups is 2. The van der Waals surface area contributed by atoms with Gasteiger partial charge in [0.15, 0.2) is 0 Å². The second-order valence-electron chi connectivity index (χ2n) is 9.10. The van der Waals surface area contributed by atoms with Crippen molar-refractivity contribution in [2.75, 3.05) is 38.0 Å². The number of pyridine rings is 1. The maximum atomic E-state index is 14.9. The molecular weight excluding hydrogens is 495 g/mol. The molecule has 1 fully saturated rings. The summed E-state index contributed by atoms with van der Waals surface area (Å²) in [7, 11) is 2.98. The van der Waals surface area contributed by atoms with Crippen molar-refractivity contribution in [2.45, 2.75) is 25.8 Å². The van der Waals surface area contributed by atoms with Crippen LogP contribution in [0.25, 0.3) is 16.9 Å². The zero-order chi connectivity index (χ0) is 26.8. The molecule has 1 saturated carbocycles. The van der Waals surface area contributed by atoms with E-state index < -0.39 is 11.7 Å². The summed E-state index contributed by atoms with van der Waals surface area (Å²) >= 11 is 0. The Morgan fingerprint density at radius 1 is 1.21 bits per heavy atom. The maximum Gasteiger partial charge on any atom is 0.308 e. The Bertz CT molecular complexity index is 1490. The van der Waals surface area contributed by atoms with Crippen LogP contribution in [-0.2, 0) is 14.3 Å². The van der Waals surface area contributed by atoms with E-state index >= 15 is 0 Å². The molecule has 0 bridgehead atoms. The van der Waals surface area contributed by atoms with Gasteiger partial charge in [0.1, 0.15) is 5.82 Å². The van der Waals surface area contributed by atoms with E-state index in [0.29, 0.717) is 48.3 Å². The first-order valence-electron chi connectivity index (χ1n) is 12.1. The molecule has 1 aromatic carbocycles. The fourth-order valence-corrected chi connectivity index (χ4v) is 4.35. The number of rotatable bonds is 9. The van der Waals surface area contributed by atoms with Crippen molar-refractivity contribution in [3.8, 4) is 11.4 Å². The maximum absolute atomic E-state index is 14.9. The third-order valence-corrected chi connectivity index (χ3v) is 6.61. The normalized spacial score (nSPS) is 16.7. The van der Waals surface area contributed by atoms with Gasteiger partial charge in [0.2, 0.25) is 5.82 Å². The van der Waals surface area contributed by atoms with E-state index in [4.69, 9.17) is 9.47 Å². The zero-order valence-electron chi connectivity index (χ0n) is 21.1. The Hall–Kier alpha value is -4.39. The molecule has 2 N–H and O–H groups in total. The first-order chi connectivity index (χ1) is 18.4. The number of carbonyl (C=O) groups excluding carboxylic acids is 2. The molecule has 12 nitrogen and oxygen atoms in total. The molecule has 38 heavy (non-hydrogen) atoms. The summed E-state index contributed by atoms with van der Waals surface area (Å²) < 4.78 is 26.3.